The molecule has 0 spiro atoms. The first-order chi connectivity index (χ1) is 9.01. The molecule has 0 aromatic carbocycles. The molecule has 1 aromatic heterocycles. The Morgan fingerprint density at radius 1 is 1.47 bits per heavy atom. The molecule has 2 N–H and O–H groups in total. The maximum Gasteiger partial charge on any atom is 0.343 e. The van der Waals surface area contributed by atoms with Gasteiger partial charge in [-0.05, 0) is 13.8 Å². The third-order valence-electron chi connectivity index (χ3n) is 2.31. The lowest BCUT2D eigenvalue weighted by Crippen LogP contribution is -2.31. The van der Waals surface area contributed by atoms with E-state index in [1.807, 2.05) is 0 Å². The number of halogens is 1. The Morgan fingerprint density at radius 3 is 2.74 bits per heavy atom. The summed E-state index contributed by atoms with van der Waals surface area (Å²) in [5, 5.41) is 9.20. The van der Waals surface area contributed by atoms with E-state index in [1.165, 1.54) is 4.68 Å². The summed E-state index contributed by atoms with van der Waals surface area (Å²) in [7, 11) is 1.63. The minimum Gasteiger partial charge on any atom is -0.462 e. The second-order valence-electron chi connectivity index (χ2n) is 3.72. The van der Waals surface area contributed by atoms with Gasteiger partial charge in [0.1, 0.15) is 11.4 Å². The zero-order valence-electron chi connectivity index (χ0n) is 11.1. The molecule has 0 atom stereocenters. The van der Waals surface area contributed by atoms with E-state index in [1.54, 1.807) is 20.9 Å². The van der Waals surface area contributed by atoms with Crippen molar-refractivity contribution in [3.05, 3.63) is 11.3 Å². The summed E-state index contributed by atoms with van der Waals surface area (Å²) in [6.45, 7) is 3.97. The fourth-order valence-electron chi connectivity index (χ4n) is 1.56. The van der Waals surface area contributed by atoms with Crippen LogP contribution >= 0.6 is 11.6 Å². The molecule has 1 aromatic rings. The molecule has 106 valence electrons. The number of aromatic nitrogens is 2. The number of carbonyl (C=O) groups excluding carboxylic acids is 2. The molecule has 8 heteroatoms. The lowest BCUT2D eigenvalue weighted by Gasteiger charge is -2.09. The van der Waals surface area contributed by atoms with Crippen LogP contribution in [0.4, 0.5) is 10.6 Å². The van der Waals surface area contributed by atoms with Crippen LogP contribution in [0.1, 0.15) is 23.0 Å². The zero-order valence-corrected chi connectivity index (χ0v) is 11.9. The highest BCUT2D eigenvalue weighted by Crippen LogP contribution is 2.19. The number of anilines is 1. The minimum atomic E-state index is -0.513. The van der Waals surface area contributed by atoms with E-state index in [0.29, 0.717) is 23.9 Å². The van der Waals surface area contributed by atoms with Crippen molar-refractivity contribution in [3.63, 3.8) is 0 Å². The molecule has 0 aliphatic rings. The van der Waals surface area contributed by atoms with Crippen molar-refractivity contribution >= 4 is 29.4 Å². The van der Waals surface area contributed by atoms with E-state index in [0.717, 1.165) is 0 Å². The van der Waals surface area contributed by atoms with Crippen molar-refractivity contribution in [3.8, 4) is 0 Å². The smallest absolute Gasteiger partial charge is 0.343 e. The maximum absolute atomic E-state index is 11.8. The summed E-state index contributed by atoms with van der Waals surface area (Å²) in [5.41, 5.74) is 0.749. The molecule has 0 saturated heterocycles. The molecule has 0 aliphatic heterocycles. The van der Waals surface area contributed by atoms with Gasteiger partial charge in [0.2, 0.25) is 0 Å². The maximum atomic E-state index is 11.8. The first-order valence-electron chi connectivity index (χ1n) is 5.82. The standard InChI is InChI=1S/C11H17ClN4O3/c1-4-19-10(17)8-7(2)15-16(3)9(8)14-11(18)13-6-5-12/h4-6H2,1-3H3,(H2,13,14,18). The van der Waals surface area contributed by atoms with Crippen molar-refractivity contribution < 1.29 is 14.3 Å². The topological polar surface area (TPSA) is 85.2 Å². The van der Waals surface area contributed by atoms with Gasteiger partial charge in [-0.25, -0.2) is 9.59 Å². The van der Waals surface area contributed by atoms with Crippen LogP contribution in [0.3, 0.4) is 0 Å². The number of hydrogen-bond donors (Lipinski definition) is 2. The SMILES string of the molecule is CCOC(=O)c1c(C)nn(C)c1NC(=O)NCCCl. The lowest BCUT2D eigenvalue weighted by molar-refractivity contribution is 0.0526. The first-order valence-corrected chi connectivity index (χ1v) is 6.36. The Hall–Kier alpha value is -1.76. The monoisotopic (exact) mass is 288 g/mol. The summed E-state index contributed by atoms with van der Waals surface area (Å²) >= 11 is 5.47. The predicted molar refractivity (Wildman–Crippen MR) is 71.6 cm³/mol. The van der Waals surface area contributed by atoms with Crippen LogP contribution in [0.5, 0.6) is 0 Å². The average molecular weight is 289 g/mol. The van der Waals surface area contributed by atoms with Gasteiger partial charge < -0.3 is 10.1 Å². The van der Waals surface area contributed by atoms with Crippen molar-refractivity contribution in [1.29, 1.82) is 0 Å². The van der Waals surface area contributed by atoms with Crippen LogP contribution in [0.25, 0.3) is 0 Å². The molecule has 0 radical (unpaired) electrons. The van der Waals surface area contributed by atoms with Gasteiger partial charge in [-0.3, -0.25) is 10.00 Å². The average Bonchev–Trinajstić information content (AvgIpc) is 2.62. The van der Waals surface area contributed by atoms with Crippen LogP contribution in [0.15, 0.2) is 0 Å². The number of esters is 1. The Morgan fingerprint density at radius 2 is 2.16 bits per heavy atom. The van der Waals surface area contributed by atoms with Gasteiger partial charge in [0, 0.05) is 19.5 Å². The number of rotatable bonds is 5. The lowest BCUT2D eigenvalue weighted by atomic mass is 10.2. The van der Waals surface area contributed by atoms with Gasteiger partial charge in [-0.15, -0.1) is 11.6 Å². The second-order valence-corrected chi connectivity index (χ2v) is 4.10. The number of hydrogen-bond acceptors (Lipinski definition) is 4. The molecule has 0 aliphatic carbocycles. The van der Waals surface area contributed by atoms with Gasteiger partial charge in [0.25, 0.3) is 0 Å². The molecule has 0 fully saturated rings. The molecule has 1 heterocycles. The highest BCUT2D eigenvalue weighted by Gasteiger charge is 2.22. The number of aryl methyl sites for hydroxylation is 2. The van der Waals surface area contributed by atoms with Crippen molar-refractivity contribution in [2.75, 3.05) is 24.3 Å². The summed E-state index contributed by atoms with van der Waals surface area (Å²) in [4.78, 5) is 23.4. The Balaban J connectivity index is 2.93. The molecule has 0 bridgehead atoms. The third-order valence-corrected chi connectivity index (χ3v) is 2.50. The summed E-state index contributed by atoms with van der Waals surface area (Å²) < 4.78 is 6.36. The van der Waals surface area contributed by atoms with Gasteiger partial charge in [-0.1, -0.05) is 0 Å². The van der Waals surface area contributed by atoms with Crippen LogP contribution in [-0.2, 0) is 11.8 Å². The minimum absolute atomic E-state index is 0.255. The zero-order chi connectivity index (χ0) is 14.4. The van der Waals surface area contributed by atoms with Crippen molar-refractivity contribution in [2.45, 2.75) is 13.8 Å². The fraction of sp³-hybridized carbons (Fsp3) is 0.545. The number of ether oxygens (including phenoxy) is 1. The predicted octanol–water partition coefficient (Wildman–Crippen LogP) is 1.27. The largest absolute Gasteiger partial charge is 0.462 e. The molecular formula is C11H17ClN4O3. The number of carbonyl (C=O) groups is 2. The summed E-state index contributed by atoms with van der Waals surface area (Å²) in [6.07, 6.45) is 0. The molecule has 19 heavy (non-hydrogen) atoms. The molecule has 0 unspecified atom stereocenters. The Kier molecular flexibility index (Phi) is 5.62. The number of amides is 2. The number of nitrogens with one attached hydrogen (secondary N) is 2. The Bertz CT molecular complexity index is 473. The third kappa shape index (κ3) is 3.85. The van der Waals surface area contributed by atoms with Crippen molar-refractivity contribution in [2.24, 2.45) is 7.05 Å². The normalized spacial score (nSPS) is 10.1. The van der Waals surface area contributed by atoms with Gasteiger partial charge in [0.05, 0.1) is 12.3 Å². The summed E-state index contributed by atoms with van der Waals surface area (Å²) in [6, 6.07) is -0.450. The van der Waals surface area contributed by atoms with E-state index < -0.39 is 12.0 Å². The summed E-state index contributed by atoms with van der Waals surface area (Å²) in [5.74, 6) is 0.0894. The van der Waals surface area contributed by atoms with Crippen LogP contribution < -0.4 is 10.6 Å². The molecule has 1 rings (SSSR count). The van der Waals surface area contributed by atoms with E-state index in [4.69, 9.17) is 16.3 Å². The van der Waals surface area contributed by atoms with Crippen molar-refractivity contribution in [1.82, 2.24) is 15.1 Å². The molecule has 7 nitrogen and oxygen atoms in total. The highest BCUT2D eigenvalue weighted by atomic mass is 35.5. The molecular weight excluding hydrogens is 272 g/mol. The number of nitrogens with zero attached hydrogens (tertiary/aromatic N) is 2. The molecule has 0 saturated carbocycles. The van der Waals surface area contributed by atoms with Crippen LogP contribution in [0.2, 0.25) is 0 Å². The van der Waals surface area contributed by atoms with E-state index >= 15 is 0 Å². The van der Waals surface area contributed by atoms with E-state index in [9.17, 15) is 9.59 Å². The van der Waals surface area contributed by atoms with E-state index in [2.05, 4.69) is 15.7 Å². The van der Waals surface area contributed by atoms with Gasteiger partial charge in [-0.2, -0.15) is 5.10 Å². The van der Waals surface area contributed by atoms with Gasteiger partial charge >= 0.3 is 12.0 Å². The second kappa shape index (κ2) is 6.98. The Labute approximate surface area is 116 Å². The molecule has 2 amide bonds. The first kappa shape index (κ1) is 15.3. The fourth-order valence-corrected chi connectivity index (χ4v) is 1.66. The quantitative estimate of drug-likeness (QED) is 0.631. The van der Waals surface area contributed by atoms with Crippen LogP contribution in [-0.4, -0.2) is 40.8 Å². The van der Waals surface area contributed by atoms with E-state index in [-0.39, 0.29) is 12.2 Å². The number of urea groups is 1. The highest BCUT2D eigenvalue weighted by molar-refractivity contribution is 6.18. The van der Waals surface area contributed by atoms with Crippen LogP contribution in [0, 0.1) is 6.92 Å². The van der Waals surface area contributed by atoms with Gasteiger partial charge in [0.15, 0.2) is 0 Å². The number of alkyl halides is 1.